The lowest BCUT2D eigenvalue weighted by Gasteiger charge is -2.12. The molecule has 0 saturated heterocycles. The highest BCUT2D eigenvalue weighted by molar-refractivity contribution is 6.31. The molecule has 0 fully saturated rings. The van der Waals surface area contributed by atoms with Gasteiger partial charge in [-0.15, -0.1) is 5.10 Å². The minimum Gasteiger partial charge on any atom is -0.325 e. The Kier molecular flexibility index (Phi) is 6.78. The molecule has 3 heterocycles. The summed E-state index contributed by atoms with van der Waals surface area (Å²) in [4.78, 5) is 24.8. The number of carbonyl (C=O) groups is 1. The van der Waals surface area contributed by atoms with Crippen LogP contribution in [0, 0.1) is 5.95 Å². The number of pyridine rings is 1. The average Bonchev–Trinajstić information content (AvgIpc) is 3.20. The highest BCUT2D eigenvalue weighted by Crippen LogP contribution is 2.36. The van der Waals surface area contributed by atoms with Crippen LogP contribution in [0.2, 0.25) is 5.02 Å². The summed E-state index contributed by atoms with van der Waals surface area (Å²) in [6.45, 7) is 0. The summed E-state index contributed by atoms with van der Waals surface area (Å²) in [5.74, 6) is 0.731. The van der Waals surface area contributed by atoms with E-state index in [1.54, 1.807) is 12.1 Å². The monoisotopic (exact) mass is 506 g/mol. The number of rotatable bonds is 6. The van der Waals surface area contributed by atoms with E-state index in [1.807, 2.05) is 0 Å². The SMILES string of the molecule is O=C(Nc1ccc(Cl)c(C(F)(F)F)c1)Nc1ccc(Cc2nccc(Nc3cc(F)n[nH]3)n2)cn1. The van der Waals surface area contributed by atoms with Crippen molar-refractivity contribution in [2.45, 2.75) is 12.6 Å². The zero-order valence-corrected chi connectivity index (χ0v) is 18.2. The fraction of sp³-hybridized carbons (Fsp3) is 0.0952. The zero-order chi connectivity index (χ0) is 25.0. The van der Waals surface area contributed by atoms with Crippen LogP contribution < -0.4 is 16.0 Å². The minimum absolute atomic E-state index is 0.0839. The van der Waals surface area contributed by atoms with Crippen LogP contribution in [0.25, 0.3) is 0 Å². The first-order chi connectivity index (χ1) is 16.7. The molecule has 3 aromatic heterocycles. The standard InChI is InChI=1S/C21H15ClF4N8O/c22-14-3-2-12(8-13(14)21(24,25)26)29-20(35)32-16-4-1-11(10-28-16)7-18-27-6-5-17(30-18)31-19-9-15(23)33-34-19/h1-6,8-10H,7H2,(H2,28,29,32,35)(H2,27,30,31,33,34). The summed E-state index contributed by atoms with van der Waals surface area (Å²) < 4.78 is 51.9. The number of nitrogens with zero attached hydrogens (tertiary/aromatic N) is 4. The summed E-state index contributed by atoms with van der Waals surface area (Å²) in [5, 5.41) is 13.0. The Balaban J connectivity index is 1.35. The molecule has 0 aliphatic heterocycles. The van der Waals surface area contributed by atoms with Gasteiger partial charge in [0, 0.05) is 30.6 Å². The molecule has 4 aromatic rings. The van der Waals surface area contributed by atoms with Gasteiger partial charge in [0.15, 0.2) is 0 Å². The molecule has 14 heteroatoms. The molecule has 0 unspecified atom stereocenters. The number of nitrogens with one attached hydrogen (secondary N) is 4. The van der Waals surface area contributed by atoms with Crippen molar-refractivity contribution in [2.75, 3.05) is 16.0 Å². The number of anilines is 4. The van der Waals surface area contributed by atoms with Crippen molar-refractivity contribution < 1.29 is 22.4 Å². The third-order valence-electron chi connectivity index (χ3n) is 4.47. The second-order valence-electron chi connectivity index (χ2n) is 7.09. The van der Waals surface area contributed by atoms with Crippen LogP contribution in [0.4, 0.5) is 45.5 Å². The van der Waals surface area contributed by atoms with Crippen molar-refractivity contribution in [3.63, 3.8) is 0 Å². The van der Waals surface area contributed by atoms with Crippen LogP contribution in [0.1, 0.15) is 17.0 Å². The summed E-state index contributed by atoms with van der Waals surface area (Å²) in [7, 11) is 0. The number of amides is 2. The van der Waals surface area contributed by atoms with Crippen molar-refractivity contribution in [2.24, 2.45) is 0 Å². The third kappa shape index (κ3) is 6.41. The van der Waals surface area contributed by atoms with E-state index in [2.05, 4.69) is 41.1 Å². The van der Waals surface area contributed by atoms with Gasteiger partial charge in [0.1, 0.15) is 23.3 Å². The first-order valence-corrected chi connectivity index (χ1v) is 10.2. The van der Waals surface area contributed by atoms with Gasteiger partial charge in [0.05, 0.1) is 10.6 Å². The lowest BCUT2D eigenvalue weighted by Crippen LogP contribution is -2.20. The lowest BCUT2D eigenvalue weighted by atomic mass is 10.2. The van der Waals surface area contributed by atoms with Crippen LogP contribution in [-0.4, -0.2) is 31.2 Å². The van der Waals surface area contributed by atoms with E-state index in [1.165, 1.54) is 30.6 Å². The normalized spacial score (nSPS) is 11.2. The smallest absolute Gasteiger partial charge is 0.325 e. The minimum atomic E-state index is -4.65. The average molecular weight is 507 g/mol. The van der Waals surface area contributed by atoms with Crippen LogP contribution in [-0.2, 0) is 12.6 Å². The van der Waals surface area contributed by atoms with E-state index < -0.39 is 28.7 Å². The Morgan fingerprint density at radius 3 is 2.54 bits per heavy atom. The van der Waals surface area contributed by atoms with Crippen molar-refractivity contribution in [1.82, 2.24) is 25.1 Å². The fourth-order valence-electron chi connectivity index (χ4n) is 2.94. The third-order valence-corrected chi connectivity index (χ3v) is 4.80. The topological polar surface area (TPSA) is 121 Å². The van der Waals surface area contributed by atoms with Crippen molar-refractivity contribution in [3.8, 4) is 0 Å². The highest BCUT2D eigenvalue weighted by atomic mass is 35.5. The Bertz CT molecular complexity index is 1340. The molecule has 0 saturated carbocycles. The number of aromatic amines is 1. The van der Waals surface area contributed by atoms with Gasteiger partial charge >= 0.3 is 12.2 Å². The molecule has 0 atom stereocenters. The maximum atomic E-state index is 13.0. The molecule has 4 rings (SSSR count). The van der Waals surface area contributed by atoms with Crippen LogP contribution in [0.15, 0.2) is 54.9 Å². The van der Waals surface area contributed by atoms with Crippen molar-refractivity contribution >= 4 is 40.8 Å². The second kappa shape index (κ2) is 9.93. The molecule has 1 aromatic carbocycles. The molecule has 35 heavy (non-hydrogen) atoms. The quantitative estimate of drug-likeness (QED) is 0.260. The van der Waals surface area contributed by atoms with Gasteiger partial charge in [-0.2, -0.15) is 17.6 Å². The fourth-order valence-corrected chi connectivity index (χ4v) is 3.16. The lowest BCUT2D eigenvalue weighted by molar-refractivity contribution is -0.137. The maximum absolute atomic E-state index is 13.0. The summed E-state index contributed by atoms with van der Waals surface area (Å²) in [6, 6.07) is 8.24. The molecule has 0 bridgehead atoms. The Morgan fingerprint density at radius 1 is 1.03 bits per heavy atom. The molecule has 0 radical (unpaired) electrons. The number of hydrogen-bond donors (Lipinski definition) is 4. The molecular formula is C21H15ClF4N8O. The first kappa shape index (κ1) is 23.9. The molecule has 4 N–H and O–H groups in total. The first-order valence-electron chi connectivity index (χ1n) is 9.85. The number of aromatic nitrogens is 5. The number of halogens is 5. The highest BCUT2D eigenvalue weighted by Gasteiger charge is 2.33. The van der Waals surface area contributed by atoms with Crippen molar-refractivity contribution in [3.05, 3.63) is 82.8 Å². The van der Waals surface area contributed by atoms with Crippen molar-refractivity contribution in [1.29, 1.82) is 0 Å². The molecule has 0 aliphatic rings. The number of alkyl halides is 3. The van der Waals surface area contributed by atoms with E-state index in [-0.39, 0.29) is 11.5 Å². The van der Waals surface area contributed by atoms with Gasteiger partial charge in [-0.05, 0) is 35.9 Å². The Hall–Kier alpha value is -4.26. The summed E-state index contributed by atoms with van der Waals surface area (Å²) >= 11 is 5.58. The molecule has 9 nitrogen and oxygen atoms in total. The summed E-state index contributed by atoms with van der Waals surface area (Å²) in [6.07, 6.45) is -1.31. The van der Waals surface area contributed by atoms with E-state index in [0.717, 1.165) is 17.7 Å². The summed E-state index contributed by atoms with van der Waals surface area (Å²) in [5.41, 5.74) is -0.412. The molecule has 2 amide bonds. The van der Waals surface area contributed by atoms with Gasteiger partial charge < -0.3 is 10.6 Å². The number of urea groups is 1. The largest absolute Gasteiger partial charge is 0.417 e. The van der Waals surface area contributed by atoms with Crippen LogP contribution in [0.3, 0.4) is 0 Å². The van der Waals surface area contributed by atoms with Gasteiger partial charge in [-0.3, -0.25) is 10.4 Å². The Labute approximate surface area is 200 Å². The van der Waals surface area contributed by atoms with E-state index >= 15 is 0 Å². The van der Waals surface area contributed by atoms with E-state index in [9.17, 15) is 22.4 Å². The maximum Gasteiger partial charge on any atom is 0.417 e. The number of hydrogen-bond acceptors (Lipinski definition) is 6. The van der Waals surface area contributed by atoms with Crippen LogP contribution >= 0.6 is 11.6 Å². The van der Waals surface area contributed by atoms with Gasteiger partial charge in [0.2, 0.25) is 5.95 Å². The number of benzene rings is 1. The zero-order valence-electron chi connectivity index (χ0n) is 17.5. The predicted molar refractivity (Wildman–Crippen MR) is 120 cm³/mol. The van der Waals surface area contributed by atoms with Gasteiger partial charge in [-0.1, -0.05) is 17.7 Å². The Morgan fingerprint density at radius 2 is 1.86 bits per heavy atom. The molecule has 180 valence electrons. The van der Waals surface area contributed by atoms with E-state index in [4.69, 9.17) is 11.6 Å². The number of H-pyrrole nitrogens is 1. The van der Waals surface area contributed by atoms with E-state index in [0.29, 0.717) is 23.9 Å². The molecule has 0 spiro atoms. The predicted octanol–water partition coefficient (Wildman–Crippen LogP) is 5.38. The second-order valence-corrected chi connectivity index (χ2v) is 7.49. The van der Waals surface area contributed by atoms with Gasteiger partial charge in [-0.25, -0.2) is 19.7 Å². The van der Waals surface area contributed by atoms with Crippen LogP contribution in [0.5, 0.6) is 0 Å². The molecule has 0 aliphatic carbocycles. The number of carbonyl (C=O) groups excluding carboxylic acids is 1. The molecular weight excluding hydrogens is 492 g/mol. The van der Waals surface area contributed by atoms with Gasteiger partial charge in [0.25, 0.3) is 0 Å².